The van der Waals surface area contributed by atoms with Crippen molar-refractivity contribution in [1.82, 2.24) is 5.32 Å². The van der Waals surface area contributed by atoms with Crippen LogP contribution in [-0.4, -0.2) is 5.11 Å². The average Bonchev–Trinajstić information content (AvgIpc) is 2.40. The molecule has 94 valence electrons. The summed E-state index contributed by atoms with van der Waals surface area (Å²) in [6, 6.07) is 15.5. The van der Waals surface area contributed by atoms with E-state index in [4.69, 9.17) is 11.6 Å². The first-order valence-electron chi connectivity index (χ1n) is 5.90. The van der Waals surface area contributed by atoms with E-state index in [9.17, 15) is 5.11 Å². The van der Waals surface area contributed by atoms with E-state index in [1.54, 1.807) is 12.1 Å². The molecule has 2 N–H and O–H groups in total. The predicted octanol–water partition coefficient (Wildman–Crippen LogP) is 3.42. The maximum atomic E-state index is 9.35. The lowest BCUT2D eigenvalue weighted by Crippen LogP contribution is -2.12. The number of halogens is 1. The van der Waals surface area contributed by atoms with Crippen LogP contribution < -0.4 is 5.32 Å². The molecule has 0 saturated carbocycles. The molecule has 0 unspecified atom stereocenters. The first-order valence-corrected chi connectivity index (χ1v) is 6.44. The highest BCUT2D eigenvalue weighted by atomic mass is 35.5. The Kier molecular flexibility index (Phi) is 4.62. The van der Waals surface area contributed by atoms with E-state index in [0.29, 0.717) is 11.6 Å². The highest BCUT2D eigenvalue weighted by Crippen LogP contribution is 2.11. The molecule has 3 heteroatoms. The number of nitrogens with one attached hydrogen (secondary N) is 1. The van der Waals surface area contributed by atoms with Gasteiger partial charge in [0, 0.05) is 19.0 Å². The average molecular weight is 262 g/mol. The molecule has 2 rings (SSSR count). The van der Waals surface area contributed by atoms with Gasteiger partial charge >= 0.3 is 0 Å². The summed E-state index contributed by atoms with van der Waals surface area (Å²) in [5.74, 6) is 0.859. The third kappa shape index (κ3) is 3.76. The smallest absolute Gasteiger partial charge is 0.115 e. The topological polar surface area (TPSA) is 32.3 Å². The van der Waals surface area contributed by atoms with Crippen LogP contribution in [-0.2, 0) is 19.0 Å². The molecule has 2 nitrogen and oxygen atoms in total. The summed E-state index contributed by atoms with van der Waals surface area (Å²) in [4.78, 5) is 0. The summed E-state index contributed by atoms with van der Waals surface area (Å²) in [6.07, 6.45) is 0. The zero-order chi connectivity index (χ0) is 12.8. The largest absolute Gasteiger partial charge is 0.508 e. The number of phenols is 1. The highest BCUT2D eigenvalue weighted by Gasteiger charge is 1.96. The molecule has 18 heavy (non-hydrogen) atoms. The van der Waals surface area contributed by atoms with Crippen LogP contribution in [0.4, 0.5) is 0 Å². The molecule has 0 aliphatic heterocycles. The fourth-order valence-electron chi connectivity index (χ4n) is 1.76. The molecular weight excluding hydrogens is 246 g/mol. The molecule has 0 aliphatic rings. The Morgan fingerprint density at radius 2 is 1.56 bits per heavy atom. The second-order valence-corrected chi connectivity index (χ2v) is 4.49. The fraction of sp³-hybridized carbons (Fsp3) is 0.200. The van der Waals surface area contributed by atoms with Gasteiger partial charge in [0.15, 0.2) is 0 Å². The van der Waals surface area contributed by atoms with E-state index in [1.165, 1.54) is 5.56 Å². The van der Waals surface area contributed by atoms with Crippen molar-refractivity contribution in [1.29, 1.82) is 0 Å². The monoisotopic (exact) mass is 261 g/mol. The van der Waals surface area contributed by atoms with Crippen LogP contribution in [0.15, 0.2) is 48.5 Å². The Bertz CT molecular complexity index is 496. The number of aromatic hydroxyl groups is 1. The first kappa shape index (κ1) is 12.9. The van der Waals surface area contributed by atoms with Crippen molar-refractivity contribution in [2.45, 2.75) is 19.0 Å². The Morgan fingerprint density at radius 1 is 0.889 bits per heavy atom. The molecule has 0 saturated heterocycles. The van der Waals surface area contributed by atoms with Gasteiger partial charge in [0.25, 0.3) is 0 Å². The van der Waals surface area contributed by atoms with Crippen LogP contribution in [0.3, 0.4) is 0 Å². The second kappa shape index (κ2) is 6.43. The molecule has 0 fully saturated rings. The standard InChI is InChI=1S/C15H16ClNO/c16-9-12-4-6-13(7-5-12)10-17-11-14-2-1-3-15(18)8-14/h1-8,17-18H,9-11H2. The predicted molar refractivity (Wildman–Crippen MR) is 74.6 cm³/mol. The van der Waals surface area contributed by atoms with Crippen LogP contribution in [0, 0.1) is 0 Å². The van der Waals surface area contributed by atoms with Gasteiger partial charge in [0.05, 0.1) is 0 Å². The van der Waals surface area contributed by atoms with Crippen LogP contribution in [0.2, 0.25) is 0 Å². The third-order valence-electron chi connectivity index (χ3n) is 2.75. The number of hydrogen-bond acceptors (Lipinski definition) is 2. The van der Waals surface area contributed by atoms with E-state index in [-0.39, 0.29) is 0 Å². The Labute approximate surface area is 112 Å². The Balaban J connectivity index is 1.84. The van der Waals surface area contributed by atoms with Crippen LogP contribution in [0.5, 0.6) is 5.75 Å². The number of hydrogen-bond donors (Lipinski definition) is 2. The van der Waals surface area contributed by atoms with Crippen molar-refractivity contribution in [3.8, 4) is 5.75 Å². The zero-order valence-electron chi connectivity index (χ0n) is 10.1. The van der Waals surface area contributed by atoms with Crippen molar-refractivity contribution < 1.29 is 5.11 Å². The van der Waals surface area contributed by atoms with Crippen molar-refractivity contribution in [2.24, 2.45) is 0 Å². The van der Waals surface area contributed by atoms with Crippen molar-refractivity contribution in [3.63, 3.8) is 0 Å². The van der Waals surface area contributed by atoms with Gasteiger partial charge in [-0.25, -0.2) is 0 Å². The summed E-state index contributed by atoms with van der Waals surface area (Å²) in [5.41, 5.74) is 3.43. The van der Waals surface area contributed by atoms with Gasteiger partial charge in [-0.2, -0.15) is 0 Å². The van der Waals surface area contributed by atoms with Gasteiger partial charge in [0.1, 0.15) is 5.75 Å². The molecule has 2 aromatic carbocycles. The molecule has 0 spiro atoms. The maximum Gasteiger partial charge on any atom is 0.115 e. The Hall–Kier alpha value is -1.51. The number of alkyl halides is 1. The first-order chi connectivity index (χ1) is 8.78. The van der Waals surface area contributed by atoms with Crippen LogP contribution in [0.1, 0.15) is 16.7 Å². The minimum atomic E-state index is 0.306. The van der Waals surface area contributed by atoms with Gasteiger partial charge in [-0.05, 0) is 28.8 Å². The maximum absolute atomic E-state index is 9.35. The van der Waals surface area contributed by atoms with Gasteiger partial charge in [-0.1, -0.05) is 36.4 Å². The lowest BCUT2D eigenvalue weighted by atomic mass is 10.1. The number of phenolic OH excluding ortho intramolecular Hbond substituents is 1. The zero-order valence-corrected chi connectivity index (χ0v) is 10.8. The summed E-state index contributed by atoms with van der Waals surface area (Å²) >= 11 is 5.74. The minimum Gasteiger partial charge on any atom is -0.508 e. The van der Waals surface area contributed by atoms with Crippen molar-refractivity contribution in [3.05, 3.63) is 65.2 Å². The van der Waals surface area contributed by atoms with Crippen LogP contribution in [0.25, 0.3) is 0 Å². The quantitative estimate of drug-likeness (QED) is 0.809. The van der Waals surface area contributed by atoms with E-state index in [2.05, 4.69) is 17.4 Å². The highest BCUT2D eigenvalue weighted by molar-refractivity contribution is 6.17. The molecule has 2 aromatic rings. The number of benzene rings is 2. The van der Waals surface area contributed by atoms with Gasteiger partial charge < -0.3 is 10.4 Å². The van der Waals surface area contributed by atoms with Crippen molar-refractivity contribution in [2.75, 3.05) is 0 Å². The molecule has 0 aromatic heterocycles. The van der Waals surface area contributed by atoms with E-state index < -0.39 is 0 Å². The fourth-order valence-corrected chi connectivity index (χ4v) is 1.94. The second-order valence-electron chi connectivity index (χ2n) is 4.22. The summed E-state index contributed by atoms with van der Waals surface area (Å²) < 4.78 is 0. The molecular formula is C15H16ClNO. The van der Waals surface area contributed by atoms with E-state index in [0.717, 1.165) is 24.2 Å². The molecule has 0 bridgehead atoms. The minimum absolute atomic E-state index is 0.306. The third-order valence-corrected chi connectivity index (χ3v) is 3.05. The van der Waals surface area contributed by atoms with Crippen LogP contribution >= 0.6 is 11.6 Å². The summed E-state index contributed by atoms with van der Waals surface area (Å²) in [7, 11) is 0. The van der Waals surface area contributed by atoms with E-state index in [1.807, 2.05) is 24.3 Å². The van der Waals surface area contributed by atoms with E-state index >= 15 is 0 Å². The lowest BCUT2D eigenvalue weighted by molar-refractivity contribution is 0.474. The van der Waals surface area contributed by atoms with Gasteiger partial charge in [0.2, 0.25) is 0 Å². The summed E-state index contributed by atoms with van der Waals surface area (Å²) in [6.45, 7) is 1.55. The molecule has 0 heterocycles. The van der Waals surface area contributed by atoms with Gasteiger partial charge in [-0.3, -0.25) is 0 Å². The summed E-state index contributed by atoms with van der Waals surface area (Å²) in [5, 5.41) is 12.7. The lowest BCUT2D eigenvalue weighted by Gasteiger charge is -2.06. The molecule has 0 radical (unpaired) electrons. The molecule has 0 atom stereocenters. The van der Waals surface area contributed by atoms with Gasteiger partial charge in [-0.15, -0.1) is 11.6 Å². The normalized spacial score (nSPS) is 10.5. The van der Waals surface area contributed by atoms with Crippen molar-refractivity contribution >= 4 is 11.6 Å². The number of rotatable bonds is 5. The SMILES string of the molecule is Oc1cccc(CNCc2ccc(CCl)cc2)c1. The Morgan fingerprint density at radius 3 is 2.22 bits per heavy atom. The molecule has 0 aliphatic carbocycles. The molecule has 0 amide bonds.